The molecule has 2 aliphatic heterocycles. The first kappa shape index (κ1) is 19.8. The smallest absolute Gasteiger partial charge is 0.269 e. The van der Waals surface area contributed by atoms with Crippen LogP contribution in [-0.4, -0.2) is 28.8 Å². The number of allylic oxidation sites excluding steroid dienone is 2. The van der Waals surface area contributed by atoms with Gasteiger partial charge in [0.25, 0.3) is 11.6 Å². The van der Waals surface area contributed by atoms with E-state index in [4.69, 9.17) is 0 Å². The van der Waals surface area contributed by atoms with Crippen molar-refractivity contribution in [3.63, 3.8) is 0 Å². The third-order valence-corrected chi connectivity index (χ3v) is 7.14. The second kappa shape index (κ2) is 7.84. The van der Waals surface area contributed by atoms with Crippen LogP contribution in [0.15, 0.2) is 54.6 Å². The first-order valence-corrected chi connectivity index (χ1v) is 11.1. The lowest BCUT2D eigenvalue weighted by atomic mass is 9.76. The van der Waals surface area contributed by atoms with E-state index in [-0.39, 0.29) is 28.5 Å². The summed E-state index contributed by atoms with van der Waals surface area (Å²) in [5, 5.41) is 14.7. The molecule has 3 unspecified atom stereocenters. The number of benzene rings is 2. The number of hydrogen-bond acceptors (Lipinski definition) is 4. The van der Waals surface area contributed by atoms with Gasteiger partial charge in [0.1, 0.15) is 0 Å². The maximum atomic E-state index is 13.1. The molecule has 1 amide bonds. The molecule has 3 aliphatic rings. The zero-order valence-corrected chi connectivity index (χ0v) is 17.7. The molecule has 160 valence electrons. The molecule has 1 N–H and O–H groups in total. The van der Waals surface area contributed by atoms with Gasteiger partial charge in [0.05, 0.1) is 11.0 Å². The van der Waals surface area contributed by atoms with Crippen molar-refractivity contribution in [1.82, 2.24) is 4.90 Å². The third-order valence-electron chi connectivity index (χ3n) is 7.14. The molecule has 0 spiro atoms. The lowest BCUT2D eigenvalue weighted by Gasteiger charge is -2.38. The molecule has 31 heavy (non-hydrogen) atoms. The molecule has 6 nitrogen and oxygen atoms in total. The van der Waals surface area contributed by atoms with Crippen LogP contribution in [0.25, 0.3) is 0 Å². The molecule has 0 aromatic heterocycles. The summed E-state index contributed by atoms with van der Waals surface area (Å²) >= 11 is 0. The second-order valence-electron chi connectivity index (χ2n) is 9.10. The van der Waals surface area contributed by atoms with Crippen molar-refractivity contribution >= 4 is 17.3 Å². The number of rotatable bonds is 3. The van der Waals surface area contributed by atoms with Crippen molar-refractivity contribution in [3.8, 4) is 0 Å². The maximum absolute atomic E-state index is 13.1. The number of nitro benzene ring substituents is 1. The Kier molecular flexibility index (Phi) is 5.00. The predicted molar refractivity (Wildman–Crippen MR) is 120 cm³/mol. The van der Waals surface area contributed by atoms with Crippen LogP contribution in [0.5, 0.6) is 0 Å². The fraction of sp³-hybridized carbons (Fsp3) is 0.400. The fourth-order valence-corrected chi connectivity index (χ4v) is 5.26. The van der Waals surface area contributed by atoms with Gasteiger partial charge in [-0.3, -0.25) is 14.9 Å². The molecule has 0 saturated carbocycles. The SMILES string of the molecule is CC1CCN(C(=O)c2ccc3c(c2)C2C=CCC2C(c2ccc([N+](=O)[O-])cc2)N3)CC1. The average molecular weight is 418 g/mol. The Morgan fingerprint density at radius 2 is 1.87 bits per heavy atom. The Bertz CT molecular complexity index is 1040. The highest BCUT2D eigenvalue weighted by atomic mass is 16.6. The number of hydrogen-bond donors (Lipinski definition) is 1. The Morgan fingerprint density at radius 1 is 1.13 bits per heavy atom. The highest BCUT2D eigenvalue weighted by molar-refractivity contribution is 5.95. The highest BCUT2D eigenvalue weighted by Crippen LogP contribution is 2.50. The zero-order chi connectivity index (χ0) is 21.5. The minimum atomic E-state index is -0.366. The van der Waals surface area contributed by atoms with Gasteiger partial charge in [-0.2, -0.15) is 0 Å². The van der Waals surface area contributed by atoms with Crippen molar-refractivity contribution < 1.29 is 9.72 Å². The lowest BCUT2D eigenvalue weighted by molar-refractivity contribution is -0.384. The summed E-state index contributed by atoms with van der Waals surface area (Å²) in [6.45, 7) is 3.92. The summed E-state index contributed by atoms with van der Waals surface area (Å²) in [7, 11) is 0. The lowest BCUT2D eigenvalue weighted by Crippen LogP contribution is -2.38. The monoisotopic (exact) mass is 417 g/mol. The van der Waals surface area contributed by atoms with Crippen LogP contribution in [0, 0.1) is 22.0 Å². The molecule has 2 heterocycles. The van der Waals surface area contributed by atoms with Crippen LogP contribution < -0.4 is 5.32 Å². The van der Waals surface area contributed by atoms with E-state index in [1.54, 1.807) is 12.1 Å². The van der Waals surface area contributed by atoms with Crippen molar-refractivity contribution in [3.05, 3.63) is 81.4 Å². The number of nitrogens with one attached hydrogen (secondary N) is 1. The van der Waals surface area contributed by atoms with Gasteiger partial charge in [-0.05, 0) is 60.4 Å². The van der Waals surface area contributed by atoms with Crippen LogP contribution in [0.2, 0.25) is 0 Å². The molecule has 5 rings (SSSR count). The Balaban J connectivity index is 1.42. The Hall–Kier alpha value is -3.15. The Labute approximate surface area is 182 Å². The summed E-state index contributed by atoms with van der Waals surface area (Å²) in [6, 6.07) is 13.0. The van der Waals surface area contributed by atoms with E-state index in [1.807, 2.05) is 29.2 Å². The quantitative estimate of drug-likeness (QED) is 0.418. The number of anilines is 1. The van der Waals surface area contributed by atoms with Gasteiger partial charge in [-0.1, -0.05) is 31.2 Å². The number of amides is 1. The summed E-state index contributed by atoms with van der Waals surface area (Å²) in [5.41, 5.74) is 4.14. The van der Waals surface area contributed by atoms with E-state index in [1.165, 1.54) is 5.56 Å². The summed E-state index contributed by atoms with van der Waals surface area (Å²) in [4.78, 5) is 25.7. The molecule has 2 aromatic carbocycles. The molecule has 0 bridgehead atoms. The van der Waals surface area contributed by atoms with Crippen LogP contribution in [0.4, 0.5) is 11.4 Å². The molecule has 2 aromatic rings. The maximum Gasteiger partial charge on any atom is 0.269 e. The van der Waals surface area contributed by atoms with E-state index in [9.17, 15) is 14.9 Å². The number of fused-ring (bicyclic) bond motifs is 3. The van der Waals surface area contributed by atoms with Gasteiger partial charge in [-0.25, -0.2) is 0 Å². The molecule has 6 heteroatoms. The number of piperidine rings is 1. The van der Waals surface area contributed by atoms with Crippen molar-refractivity contribution in [1.29, 1.82) is 0 Å². The average Bonchev–Trinajstić information content (AvgIpc) is 3.29. The molecule has 1 fully saturated rings. The molecular weight excluding hydrogens is 390 g/mol. The molecule has 3 atom stereocenters. The number of non-ortho nitro benzene ring substituents is 1. The van der Waals surface area contributed by atoms with E-state index < -0.39 is 0 Å². The number of carbonyl (C=O) groups excluding carboxylic acids is 1. The largest absolute Gasteiger partial charge is 0.378 e. The minimum absolute atomic E-state index is 0.0819. The highest BCUT2D eigenvalue weighted by Gasteiger charge is 2.38. The third kappa shape index (κ3) is 3.60. The van der Waals surface area contributed by atoms with Gasteiger partial charge in [0.15, 0.2) is 0 Å². The van der Waals surface area contributed by atoms with E-state index in [2.05, 4.69) is 30.5 Å². The first-order chi connectivity index (χ1) is 15.0. The van der Waals surface area contributed by atoms with Gasteiger partial charge in [0.2, 0.25) is 0 Å². The van der Waals surface area contributed by atoms with E-state index in [0.29, 0.717) is 11.8 Å². The zero-order valence-electron chi connectivity index (χ0n) is 17.7. The number of nitrogens with zero attached hydrogens (tertiary/aromatic N) is 2. The predicted octanol–water partition coefficient (Wildman–Crippen LogP) is 5.29. The van der Waals surface area contributed by atoms with Crippen LogP contribution in [-0.2, 0) is 0 Å². The van der Waals surface area contributed by atoms with Crippen molar-refractivity contribution in [2.45, 2.75) is 38.1 Å². The van der Waals surface area contributed by atoms with Gasteiger partial charge < -0.3 is 10.2 Å². The molecule has 1 saturated heterocycles. The fourth-order valence-electron chi connectivity index (χ4n) is 5.26. The van der Waals surface area contributed by atoms with E-state index in [0.717, 1.165) is 49.2 Å². The number of likely N-dealkylation sites (tertiary alicyclic amines) is 1. The second-order valence-corrected chi connectivity index (χ2v) is 9.10. The van der Waals surface area contributed by atoms with E-state index >= 15 is 0 Å². The van der Waals surface area contributed by atoms with Crippen LogP contribution >= 0.6 is 0 Å². The Morgan fingerprint density at radius 3 is 2.58 bits per heavy atom. The molecule has 1 aliphatic carbocycles. The summed E-state index contributed by atoms with van der Waals surface area (Å²) in [5.74, 6) is 1.39. The van der Waals surface area contributed by atoms with Crippen molar-refractivity contribution in [2.24, 2.45) is 11.8 Å². The first-order valence-electron chi connectivity index (χ1n) is 11.1. The number of carbonyl (C=O) groups is 1. The van der Waals surface area contributed by atoms with Gasteiger partial charge in [0, 0.05) is 42.4 Å². The number of nitro groups is 1. The van der Waals surface area contributed by atoms with Crippen LogP contribution in [0.3, 0.4) is 0 Å². The standard InChI is InChI=1S/C25H27N3O3/c1-16-11-13-27(14-12-16)25(29)18-7-10-23-22(15-18)20-3-2-4-21(20)24(26-23)17-5-8-19(9-6-17)28(30)31/h2-3,5-10,15-16,20-21,24,26H,4,11-14H2,1H3. The normalized spacial score (nSPS) is 24.9. The minimum Gasteiger partial charge on any atom is -0.378 e. The summed E-state index contributed by atoms with van der Waals surface area (Å²) in [6.07, 6.45) is 7.55. The molecule has 0 radical (unpaired) electrons. The topological polar surface area (TPSA) is 75.5 Å². The van der Waals surface area contributed by atoms with Gasteiger partial charge in [-0.15, -0.1) is 0 Å². The van der Waals surface area contributed by atoms with Crippen molar-refractivity contribution in [2.75, 3.05) is 18.4 Å². The van der Waals surface area contributed by atoms with Crippen LogP contribution in [0.1, 0.15) is 59.6 Å². The molecular formula is C25H27N3O3. The summed E-state index contributed by atoms with van der Waals surface area (Å²) < 4.78 is 0. The van der Waals surface area contributed by atoms with Gasteiger partial charge >= 0.3 is 0 Å².